The molecule has 7 aliphatic heterocycles. The summed E-state index contributed by atoms with van der Waals surface area (Å²) in [6.45, 7) is 5.43. The van der Waals surface area contributed by atoms with Crippen molar-refractivity contribution in [1.29, 1.82) is 0 Å². The van der Waals surface area contributed by atoms with Crippen molar-refractivity contribution >= 4 is 99.8 Å². The molecule has 45 heteroatoms. The molecule has 7 aliphatic rings. The minimum absolute atomic E-state index is 0.0722. The van der Waals surface area contributed by atoms with E-state index in [1.807, 2.05) is 10.9 Å². The second kappa shape index (κ2) is 39.2. The molecule has 11 bridgehead atoms. The summed E-state index contributed by atoms with van der Waals surface area (Å²) in [5.41, 5.74) is 9.83. The van der Waals surface area contributed by atoms with Crippen molar-refractivity contribution in [3.63, 3.8) is 0 Å². The fourth-order valence-electron chi connectivity index (χ4n) is 15.0. The molecule has 0 saturated carbocycles. The average molecular weight is 1810 g/mol. The zero-order valence-corrected chi connectivity index (χ0v) is 69.5. The van der Waals surface area contributed by atoms with Gasteiger partial charge >= 0.3 is 11.7 Å². The quantitative estimate of drug-likeness (QED) is 0.0464. The Balaban J connectivity index is 1.000. The molecule has 7 aromatic rings. The monoisotopic (exact) mass is 1810 g/mol. The number of nitrogens with zero attached hydrogens (tertiary/aromatic N) is 2. The minimum Gasteiger partial charge on any atom is -0.508 e. The number of carbonyl (C=O) groups excluding carboxylic acids is 10. The maximum atomic E-state index is 16.3. The van der Waals surface area contributed by atoms with Gasteiger partial charge < -0.3 is 134 Å². The Labute approximate surface area is 729 Å². The summed E-state index contributed by atoms with van der Waals surface area (Å²) in [4.78, 5) is 162. The predicted octanol–water partition coefficient (Wildman–Crippen LogP) is 0.583. The third-order valence-electron chi connectivity index (χ3n) is 21.4. The number of anilines is 1. The third kappa shape index (κ3) is 21.0. The summed E-state index contributed by atoms with van der Waals surface area (Å²) < 4.78 is 54.6. The Morgan fingerprint density at radius 3 is 1.98 bits per heavy atom. The van der Waals surface area contributed by atoms with Crippen LogP contribution in [0.25, 0.3) is 11.1 Å². The average Bonchev–Trinajstić information content (AvgIpc) is 0.764. The summed E-state index contributed by atoms with van der Waals surface area (Å²) in [7, 11) is 1.46. The molecule has 0 spiro atoms. The topological polar surface area (TPSA) is 627 Å². The molecule has 18 unspecified atom stereocenters. The SMILES string of the molecule is CNC(CC(C)C)C(=O)NC1C(=O)NC(CC(N)=O)C(=O)NC2C(=O)NC3C(=O)NC(C(=O)NC(C(=O)NNC(N)=O)c4cc(O)cc(O)c4-c4cc3ccc4O)C(O)c3ccc(c(Cl)c3)Oc3cc2cc(c3OC2OC(CO)C(O)C(O)C2OC2CC(C)(NCCn3ccc(NC(=O)Cc4ccc(Cl)c(F)c4)nc3=O)C(O)C(C)O2)Oc2ccc(cc2Cl)C1O. The molecule has 0 aliphatic carbocycles. The van der Waals surface area contributed by atoms with Crippen LogP contribution in [0.3, 0.4) is 0 Å². The van der Waals surface area contributed by atoms with E-state index in [1.54, 1.807) is 20.8 Å². The van der Waals surface area contributed by atoms with E-state index in [-0.39, 0.29) is 60.2 Å². The summed E-state index contributed by atoms with van der Waals surface area (Å²) in [5.74, 6) is -17.8. The number of rotatable bonds is 20. The first-order valence-electron chi connectivity index (χ1n) is 39.1. The molecular formula is C81H89Cl3FN15O26. The Morgan fingerprint density at radius 1 is 0.706 bits per heavy atom. The number of hydrazine groups is 1. The van der Waals surface area contributed by atoms with Crippen LogP contribution in [-0.4, -0.2) is 214 Å². The normalized spacial score (nSPS) is 25.8. The molecule has 18 atom stereocenters. The Hall–Kier alpha value is -12.1. The zero-order valence-electron chi connectivity index (χ0n) is 67.3. The predicted molar refractivity (Wildman–Crippen MR) is 439 cm³/mol. The van der Waals surface area contributed by atoms with Crippen LogP contribution in [0, 0.1) is 11.7 Å². The minimum atomic E-state index is -2.43. The van der Waals surface area contributed by atoms with Crippen molar-refractivity contribution in [2.75, 3.05) is 25.5 Å². The van der Waals surface area contributed by atoms with Gasteiger partial charge in [0, 0.05) is 48.4 Å². The van der Waals surface area contributed by atoms with Gasteiger partial charge in [-0.25, -0.2) is 19.4 Å². The van der Waals surface area contributed by atoms with E-state index in [9.17, 15) is 79.1 Å². The van der Waals surface area contributed by atoms with Crippen LogP contribution in [0.4, 0.5) is 15.0 Å². The highest BCUT2D eigenvalue weighted by molar-refractivity contribution is 6.32. The molecule has 11 amide bonds. The number of ether oxygens (including phenoxy) is 6. The van der Waals surface area contributed by atoms with Crippen LogP contribution in [-0.2, 0) is 70.3 Å². The number of aromatic nitrogens is 2. The number of nitrogens with one attached hydrogen (secondary N) is 11. The van der Waals surface area contributed by atoms with E-state index in [2.05, 4.69) is 52.8 Å². The molecule has 14 rings (SSSR count). The number of halogens is 4. The number of amides is 11. The van der Waals surface area contributed by atoms with Gasteiger partial charge in [0.25, 0.3) is 5.91 Å². The van der Waals surface area contributed by atoms with Crippen molar-refractivity contribution in [2.24, 2.45) is 17.4 Å². The Bertz CT molecular complexity index is 5470. The first-order valence-corrected chi connectivity index (χ1v) is 40.2. The number of aliphatic hydroxyl groups is 6. The van der Waals surface area contributed by atoms with Gasteiger partial charge in [0.1, 0.15) is 107 Å². The summed E-state index contributed by atoms with van der Waals surface area (Å²) in [6, 6.07) is 2.49. The number of carbonyl (C=O) groups is 10. The van der Waals surface area contributed by atoms with Gasteiger partial charge in [-0.05, 0) is 139 Å². The number of fused-ring (bicyclic) bond motifs is 15. The van der Waals surface area contributed by atoms with E-state index in [4.69, 9.17) is 74.7 Å². The first kappa shape index (κ1) is 93.0. The van der Waals surface area contributed by atoms with Crippen LogP contribution < -0.4 is 90.1 Å². The van der Waals surface area contributed by atoms with E-state index >= 15 is 24.0 Å². The second-order valence-electron chi connectivity index (χ2n) is 31.0. The fourth-order valence-corrected chi connectivity index (χ4v) is 15.6. The fraction of sp³-hybridized carbons (Fsp3) is 0.383. The number of hydrogen-bond donors (Lipinski definition) is 22. The van der Waals surface area contributed by atoms with Crippen molar-refractivity contribution in [3.8, 4) is 57.1 Å². The number of phenols is 3. The molecule has 0 radical (unpaired) electrons. The molecule has 672 valence electrons. The molecule has 6 aromatic carbocycles. The third-order valence-corrected chi connectivity index (χ3v) is 22.3. The summed E-state index contributed by atoms with van der Waals surface area (Å²) >= 11 is 20.1. The van der Waals surface area contributed by atoms with E-state index in [0.717, 1.165) is 78.9 Å². The van der Waals surface area contributed by atoms with Crippen LogP contribution in [0.1, 0.15) is 111 Å². The van der Waals surface area contributed by atoms with E-state index in [0.29, 0.717) is 5.56 Å². The molecule has 24 N–H and O–H groups in total. The highest BCUT2D eigenvalue weighted by Gasteiger charge is 2.52. The highest BCUT2D eigenvalue weighted by Crippen LogP contribution is 2.50. The second-order valence-corrected chi connectivity index (χ2v) is 32.2. The molecular weight excluding hydrogens is 1720 g/mol. The van der Waals surface area contributed by atoms with Crippen LogP contribution in [0.5, 0.6) is 46.0 Å². The number of urea groups is 1. The van der Waals surface area contributed by atoms with Gasteiger partial charge in [-0.15, -0.1) is 0 Å². The maximum absolute atomic E-state index is 16.3. The largest absolute Gasteiger partial charge is 0.508 e. The first-order chi connectivity index (χ1) is 59.7. The summed E-state index contributed by atoms with van der Waals surface area (Å²) in [5, 5.41) is 129. The molecule has 2 saturated heterocycles. The molecule has 2 fully saturated rings. The van der Waals surface area contributed by atoms with Gasteiger partial charge in [-0.3, -0.25) is 53.1 Å². The molecule has 41 nitrogen and oxygen atoms in total. The summed E-state index contributed by atoms with van der Waals surface area (Å²) in [6.07, 6.45) is -18.8. The lowest BCUT2D eigenvalue weighted by atomic mass is 9.85. The van der Waals surface area contributed by atoms with Crippen molar-refractivity contribution < 1.29 is 127 Å². The van der Waals surface area contributed by atoms with Gasteiger partial charge in [0.2, 0.25) is 59.3 Å². The number of benzene rings is 6. The standard InChI is InChI=1S/C81H89Cl3FN15O26/c1-31(2)18-45(88-5)71(112)96-62-64(107)35-8-12-49(42(83)22-35)122-51-24-37-25-52(68(51)126-78-69(67(110)66(109)53(30-101)124-78)125-57-29-81(4,70(111)32(3)121-57)89-15-17-100-16-14-55(92-80(100)120)91-56(106)20-33-6-10-41(82)44(85)19-33)123-50-13-9-36(23-43(50)84)65(108)63-76(117)95-61(77(118)98-99-79(87)119)40-26-38(102)27-48(104)58(40)39-21-34(7-11-47(39)103)59(73(114)97-63)94-74(115)60(37)93-72(113)46(28-54(86)105)90-75(62)116/h6-14,16,19,21-27,31-32,45-46,53,57,59-67,69-70,78,88-89,101-104,107-111H,15,17-18,20,28-30H2,1-5H3,(H2,86,105)(H,90,116)(H,93,113)(H,94,115)(H,95,117)(H,96,112)(H,97,114)(H,98,118)(H3,87,99,119)(H,91,92,106,120). The maximum Gasteiger partial charge on any atom is 0.349 e. The van der Waals surface area contributed by atoms with Crippen molar-refractivity contribution in [2.45, 2.75) is 169 Å². The smallest absolute Gasteiger partial charge is 0.349 e. The number of aromatic hydroxyl groups is 3. The van der Waals surface area contributed by atoms with E-state index < -0.39 is 277 Å². The van der Waals surface area contributed by atoms with Gasteiger partial charge in [0.05, 0.1) is 52.8 Å². The highest BCUT2D eigenvalue weighted by atomic mass is 35.5. The lowest BCUT2D eigenvalue weighted by Gasteiger charge is -2.48. The Morgan fingerprint density at radius 2 is 1.36 bits per heavy atom. The number of likely N-dealkylation sites (N-methyl/N-ethyl adjacent to an activating group) is 1. The Kier molecular flexibility index (Phi) is 28.9. The number of primary amides is 2. The van der Waals surface area contributed by atoms with E-state index in [1.165, 1.54) is 49.0 Å². The van der Waals surface area contributed by atoms with Crippen molar-refractivity contribution in [1.82, 2.24) is 62.9 Å². The van der Waals surface area contributed by atoms with Crippen molar-refractivity contribution in [3.05, 3.63) is 174 Å². The van der Waals surface area contributed by atoms with Crippen LogP contribution in [0.2, 0.25) is 15.1 Å². The van der Waals surface area contributed by atoms with Crippen LogP contribution >= 0.6 is 34.8 Å². The number of hydrogen-bond acceptors (Lipinski definition) is 29. The van der Waals surface area contributed by atoms with Gasteiger partial charge in [-0.2, -0.15) is 4.98 Å². The molecule has 126 heavy (non-hydrogen) atoms. The molecule has 8 heterocycles. The van der Waals surface area contributed by atoms with Gasteiger partial charge in [0.15, 0.2) is 23.9 Å². The number of aliphatic hydroxyl groups excluding tert-OH is 6. The zero-order chi connectivity index (χ0) is 91.4. The van der Waals surface area contributed by atoms with Crippen LogP contribution in [0.15, 0.2) is 114 Å². The number of nitrogens with two attached hydrogens (primary N) is 2. The molecule has 1 aromatic heterocycles. The van der Waals surface area contributed by atoms with Gasteiger partial charge in [-0.1, -0.05) is 72.9 Å². The lowest BCUT2D eigenvalue weighted by molar-refractivity contribution is -0.334. The number of phenolic OH excluding ortho intramolecular Hbond substituents is 3. The lowest BCUT2D eigenvalue weighted by Crippen LogP contribution is -2.65.